The third kappa shape index (κ3) is 4.52. The molecule has 0 unspecified atom stereocenters. The summed E-state index contributed by atoms with van der Waals surface area (Å²) in [5.41, 5.74) is -0.0492. The fraction of sp³-hybridized carbons (Fsp3) is 0.571. The highest BCUT2D eigenvalue weighted by atomic mass is 16.3. The molecule has 0 aromatic carbocycles. The molecule has 1 aromatic heterocycles. The Labute approximate surface area is 113 Å². The van der Waals surface area contributed by atoms with Crippen molar-refractivity contribution in [3.05, 3.63) is 24.5 Å². The number of anilines is 1. The van der Waals surface area contributed by atoms with Crippen LogP contribution in [0.2, 0.25) is 0 Å². The first-order chi connectivity index (χ1) is 9.18. The Morgan fingerprint density at radius 3 is 2.47 bits per heavy atom. The molecule has 0 bridgehead atoms. The monoisotopic (exact) mass is 263 g/mol. The first-order valence-electron chi connectivity index (χ1n) is 6.85. The van der Waals surface area contributed by atoms with Gasteiger partial charge in [-0.15, -0.1) is 0 Å². The number of rotatable bonds is 3. The van der Waals surface area contributed by atoms with Gasteiger partial charge in [-0.25, -0.2) is 4.79 Å². The average Bonchev–Trinajstić information content (AvgIpc) is 2.63. The van der Waals surface area contributed by atoms with Gasteiger partial charge in [0.2, 0.25) is 0 Å². The Bertz CT molecular complexity index is 400. The molecule has 1 saturated carbocycles. The Morgan fingerprint density at radius 1 is 1.21 bits per heavy atom. The molecule has 2 rings (SSSR count). The minimum Gasteiger partial charge on any atom is -0.388 e. The molecule has 5 heteroatoms. The number of hydrogen-bond donors (Lipinski definition) is 3. The van der Waals surface area contributed by atoms with Crippen molar-refractivity contribution in [1.29, 1.82) is 0 Å². The molecule has 0 spiro atoms. The summed E-state index contributed by atoms with van der Waals surface area (Å²) < 4.78 is 0. The van der Waals surface area contributed by atoms with Crippen molar-refractivity contribution in [3.63, 3.8) is 0 Å². The van der Waals surface area contributed by atoms with E-state index >= 15 is 0 Å². The van der Waals surface area contributed by atoms with Crippen molar-refractivity contribution in [1.82, 2.24) is 10.3 Å². The molecule has 1 aliphatic carbocycles. The quantitative estimate of drug-likeness (QED) is 0.732. The molecule has 0 saturated heterocycles. The van der Waals surface area contributed by atoms with Crippen LogP contribution in [-0.2, 0) is 0 Å². The third-order valence-corrected chi connectivity index (χ3v) is 3.55. The van der Waals surface area contributed by atoms with Crippen molar-refractivity contribution < 1.29 is 9.90 Å². The molecule has 0 aliphatic heterocycles. The molecule has 0 atom stereocenters. The lowest BCUT2D eigenvalue weighted by Crippen LogP contribution is -2.44. The van der Waals surface area contributed by atoms with Gasteiger partial charge in [-0.3, -0.25) is 4.98 Å². The molecular formula is C14H21N3O2. The maximum atomic E-state index is 11.7. The number of nitrogens with zero attached hydrogens (tertiary/aromatic N) is 1. The minimum absolute atomic E-state index is 0.288. The SMILES string of the molecule is O=C(NCC1(O)CCCCCC1)Nc1ccncc1. The summed E-state index contributed by atoms with van der Waals surface area (Å²) in [5.74, 6) is 0. The number of aromatic nitrogens is 1. The zero-order valence-electron chi connectivity index (χ0n) is 11.1. The van der Waals surface area contributed by atoms with E-state index in [1.807, 2.05) is 0 Å². The number of nitrogens with one attached hydrogen (secondary N) is 2. The Kier molecular flexibility index (Phi) is 4.74. The molecule has 1 aliphatic rings. The van der Waals surface area contributed by atoms with E-state index < -0.39 is 5.60 Å². The molecule has 104 valence electrons. The number of urea groups is 1. The van der Waals surface area contributed by atoms with Crippen molar-refractivity contribution >= 4 is 11.7 Å². The zero-order valence-corrected chi connectivity index (χ0v) is 11.1. The summed E-state index contributed by atoms with van der Waals surface area (Å²) in [4.78, 5) is 15.6. The molecule has 2 amide bonds. The molecule has 5 nitrogen and oxygen atoms in total. The smallest absolute Gasteiger partial charge is 0.319 e. The minimum atomic E-state index is -0.744. The summed E-state index contributed by atoms with van der Waals surface area (Å²) in [6.45, 7) is 0.309. The average molecular weight is 263 g/mol. The van der Waals surface area contributed by atoms with E-state index in [2.05, 4.69) is 15.6 Å². The van der Waals surface area contributed by atoms with Gasteiger partial charge in [0.1, 0.15) is 0 Å². The highest BCUT2D eigenvalue weighted by molar-refractivity contribution is 5.89. The number of carbonyl (C=O) groups excluding carboxylic acids is 1. The summed E-state index contributed by atoms with van der Waals surface area (Å²) in [5, 5.41) is 15.9. The lowest BCUT2D eigenvalue weighted by molar-refractivity contribution is 0.0281. The number of amides is 2. The lowest BCUT2D eigenvalue weighted by atomic mass is 9.95. The van der Waals surface area contributed by atoms with E-state index in [0.717, 1.165) is 25.7 Å². The number of aliphatic hydroxyl groups is 1. The van der Waals surface area contributed by atoms with Crippen LogP contribution in [0.25, 0.3) is 0 Å². The maximum absolute atomic E-state index is 11.7. The van der Waals surface area contributed by atoms with Crippen LogP contribution in [-0.4, -0.2) is 28.3 Å². The van der Waals surface area contributed by atoms with Gasteiger partial charge in [0.15, 0.2) is 0 Å². The van der Waals surface area contributed by atoms with Gasteiger partial charge in [0.25, 0.3) is 0 Å². The number of hydrogen-bond acceptors (Lipinski definition) is 3. The van der Waals surface area contributed by atoms with Crippen LogP contribution in [0, 0.1) is 0 Å². The van der Waals surface area contributed by atoms with E-state index in [4.69, 9.17) is 0 Å². The van der Waals surface area contributed by atoms with E-state index in [-0.39, 0.29) is 6.03 Å². The predicted molar refractivity (Wildman–Crippen MR) is 73.9 cm³/mol. The standard InChI is InChI=1S/C14H21N3O2/c18-13(17-12-5-9-15-10-6-12)16-11-14(19)7-3-1-2-4-8-14/h5-6,9-10,19H,1-4,7-8,11H2,(H2,15,16,17,18). The van der Waals surface area contributed by atoms with Crippen LogP contribution in [0.3, 0.4) is 0 Å². The third-order valence-electron chi connectivity index (χ3n) is 3.55. The zero-order chi connectivity index (χ0) is 13.6. The largest absolute Gasteiger partial charge is 0.388 e. The summed E-state index contributed by atoms with van der Waals surface area (Å²) in [7, 11) is 0. The lowest BCUT2D eigenvalue weighted by Gasteiger charge is -2.26. The molecule has 1 fully saturated rings. The molecular weight excluding hydrogens is 242 g/mol. The summed E-state index contributed by atoms with van der Waals surface area (Å²) in [6.07, 6.45) is 9.18. The van der Waals surface area contributed by atoms with Gasteiger partial charge in [-0.1, -0.05) is 25.7 Å². The summed E-state index contributed by atoms with van der Waals surface area (Å²) >= 11 is 0. The normalized spacial score (nSPS) is 18.4. The Hall–Kier alpha value is -1.62. The van der Waals surface area contributed by atoms with Crippen molar-refractivity contribution in [3.8, 4) is 0 Å². The number of carbonyl (C=O) groups is 1. The van der Waals surface area contributed by atoms with Crippen molar-refractivity contribution in [2.45, 2.75) is 44.1 Å². The van der Waals surface area contributed by atoms with Gasteiger partial charge >= 0.3 is 6.03 Å². The van der Waals surface area contributed by atoms with Crippen molar-refractivity contribution in [2.75, 3.05) is 11.9 Å². The molecule has 19 heavy (non-hydrogen) atoms. The second-order valence-electron chi connectivity index (χ2n) is 5.18. The molecule has 1 aromatic rings. The van der Waals surface area contributed by atoms with Gasteiger partial charge in [0, 0.05) is 24.6 Å². The van der Waals surface area contributed by atoms with E-state index in [9.17, 15) is 9.90 Å². The second-order valence-corrected chi connectivity index (χ2v) is 5.18. The van der Waals surface area contributed by atoms with Gasteiger partial charge < -0.3 is 15.7 Å². The van der Waals surface area contributed by atoms with Crippen LogP contribution in [0.4, 0.5) is 10.5 Å². The highest BCUT2D eigenvalue weighted by Crippen LogP contribution is 2.26. The Balaban J connectivity index is 1.79. The fourth-order valence-electron chi connectivity index (χ4n) is 2.42. The van der Waals surface area contributed by atoms with Crippen LogP contribution >= 0.6 is 0 Å². The first kappa shape index (κ1) is 13.8. The fourth-order valence-corrected chi connectivity index (χ4v) is 2.42. The van der Waals surface area contributed by atoms with Crippen LogP contribution in [0.5, 0.6) is 0 Å². The number of pyridine rings is 1. The van der Waals surface area contributed by atoms with Crippen LogP contribution < -0.4 is 10.6 Å². The highest BCUT2D eigenvalue weighted by Gasteiger charge is 2.28. The Morgan fingerprint density at radius 2 is 1.84 bits per heavy atom. The van der Waals surface area contributed by atoms with Gasteiger partial charge in [-0.2, -0.15) is 0 Å². The van der Waals surface area contributed by atoms with E-state index in [0.29, 0.717) is 12.2 Å². The molecule has 1 heterocycles. The topological polar surface area (TPSA) is 74.2 Å². The van der Waals surface area contributed by atoms with Gasteiger partial charge in [0.05, 0.1) is 5.60 Å². The maximum Gasteiger partial charge on any atom is 0.319 e. The second kappa shape index (κ2) is 6.52. The first-order valence-corrected chi connectivity index (χ1v) is 6.85. The van der Waals surface area contributed by atoms with Crippen LogP contribution in [0.1, 0.15) is 38.5 Å². The molecule has 3 N–H and O–H groups in total. The summed E-state index contributed by atoms with van der Waals surface area (Å²) in [6, 6.07) is 3.16. The molecule has 0 radical (unpaired) electrons. The van der Waals surface area contributed by atoms with E-state index in [1.165, 1.54) is 12.8 Å². The van der Waals surface area contributed by atoms with E-state index in [1.54, 1.807) is 24.5 Å². The van der Waals surface area contributed by atoms with Crippen LogP contribution in [0.15, 0.2) is 24.5 Å². The van der Waals surface area contributed by atoms with Gasteiger partial charge in [-0.05, 0) is 25.0 Å². The predicted octanol–water partition coefficient (Wildman–Crippen LogP) is 2.29. The van der Waals surface area contributed by atoms with Crippen molar-refractivity contribution in [2.24, 2.45) is 0 Å².